The minimum absolute atomic E-state index is 0. The first-order valence-electron chi connectivity index (χ1n) is 8.12. The van der Waals surface area contributed by atoms with E-state index < -0.39 is 6.55 Å². The zero-order chi connectivity index (χ0) is 18.9. The number of ether oxygens (including phenoxy) is 2. The largest absolute Gasteiger partial charge is 0.497 e. The summed E-state index contributed by atoms with van der Waals surface area (Å²) in [6.07, 6.45) is 2.59. The summed E-state index contributed by atoms with van der Waals surface area (Å²) in [5, 5.41) is 6.08. The molecule has 0 saturated carbocycles. The molecule has 0 atom stereocenters. The van der Waals surface area contributed by atoms with Crippen LogP contribution in [0.15, 0.2) is 35.6 Å². The summed E-state index contributed by atoms with van der Waals surface area (Å²) < 4.78 is 37.1. The van der Waals surface area contributed by atoms with Crippen LogP contribution >= 0.6 is 24.0 Å². The molecule has 27 heavy (non-hydrogen) atoms. The van der Waals surface area contributed by atoms with Gasteiger partial charge in [0.2, 0.25) is 0 Å². The van der Waals surface area contributed by atoms with Gasteiger partial charge in [-0.05, 0) is 19.1 Å². The average Bonchev–Trinajstić information content (AvgIpc) is 3.12. The van der Waals surface area contributed by atoms with Crippen molar-refractivity contribution in [2.24, 2.45) is 4.99 Å². The second-order valence-electron chi connectivity index (χ2n) is 5.25. The molecule has 10 heteroatoms. The summed E-state index contributed by atoms with van der Waals surface area (Å²) in [7, 11) is 3.17. The predicted molar refractivity (Wildman–Crippen MR) is 110 cm³/mol. The maximum absolute atomic E-state index is 12.9. The summed E-state index contributed by atoms with van der Waals surface area (Å²) in [6.45, 7) is 0.409. The SMILES string of the molecule is CCNC(=NCc1ccc(OC)cc1OC)NCc1nccn1C(F)F.I. The number of hydrogen-bond acceptors (Lipinski definition) is 4. The minimum Gasteiger partial charge on any atom is -0.497 e. The normalized spacial score (nSPS) is 11.1. The molecule has 0 amide bonds. The summed E-state index contributed by atoms with van der Waals surface area (Å²) >= 11 is 0. The van der Waals surface area contributed by atoms with Crippen LogP contribution in [-0.4, -0.2) is 36.3 Å². The van der Waals surface area contributed by atoms with Crippen molar-refractivity contribution in [2.75, 3.05) is 20.8 Å². The number of nitrogens with zero attached hydrogens (tertiary/aromatic N) is 3. The highest BCUT2D eigenvalue weighted by molar-refractivity contribution is 14.0. The Labute approximate surface area is 174 Å². The zero-order valence-corrected chi connectivity index (χ0v) is 17.7. The van der Waals surface area contributed by atoms with E-state index in [4.69, 9.17) is 9.47 Å². The van der Waals surface area contributed by atoms with Crippen LogP contribution < -0.4 is 20.1 Å². The number of methoxy groups -OCH3 is 2. The van der Waals surface area contributed by atoms with E-state index in [1.54, 1.807) is 20.3 Å². The smallest absolute Gasteiger partial charge is 0.319 e. The monoisotopic (exact) mass is 495 g/mol. The first kappa shape index (κ1) is 22.9. The van der Waals surface area contributed by atoms with Crippen LogP contribution in [-0.2, 0) is 13.1 Å². The fraction of sp³-hybridized carbons (Fsp3) is 0.412. The van der Waals surface area contributed by atoms with Gasteiger partial charge in [-0.1, -0.05) is 0 Å². The third-order valence-corrected chi connectivity index (χ3v) is 3.62. The molecule has 0 spiro atoms. The van der Waals surface area contributed by atoms with Crippen molar-refractivity contribution in [2.45, 2.75) is 26.6 Å². The van der Waals surface area contributed by atoms with Gasteiger partial charge in [0.1, 0.15) is 17.3 Å². The van der Waals surface area contributed by atoms with Crippen molar-refractivity contribution in [3.63, 3.8) is 0 Å². The highest BCUT2D eigenvalue weighted by atomic mass is 127. The van der Waals surface area contributed by atoms with Crippen molar-refractivity contribution < 1.29 is 18.3 Å². The van der Waals surface area contributed by atoms with Crippen LogP contribution in [0.25, 0.3) is 0 Å². The molecule has 0 saturated heterocycles. The molecule has 7 nitrogen and oxygen atoms in total. The molecule has 0 radical (unpaired) electrons. The topological polar surface area (TPSA) is 72.7 Å². The number of imidazole rings is 1. The van der Waals surface area contributed by atoms with E-state index in [-0.39, 0.29) is 36.3 Å². The number of rotatable bonds is 8. The molecule has 0 bridgehead atoms. The first-order chi connectivity index (χ1) is 12.6. The van der Waals surface area contributed by atoms with Gasteiger partial charge in [0.25, 0.3) is 0 Å². The number of alkyl halides is 2. The number of guanidine groups is 1. The van der Waals surface area contributed by atoms with Crippen LogP contribution in [0, 0.1) is 0 Å². The van der Waals surface area contributed by atoms with Crippen LogP contribution in [0.2, 0.25) is 0 Å². The summed E-state index contributed by atoms with van der Waals surface area (Å²) in [5.41, 5.74) is 0.875. The van der Waals surface area contributed by atoms with Gasteiger partial charge in [0.15, 0.2) is 5.96 Å². The van der Waals surface area contributed by atoms with E-state index in [0.717, 1.165) is 10.1 Å². The average molecular weight is 495 g/mol. The van der Waals surface area contributed by atoms with Gasteiger partial charge in [-0.15, -0.1) is 24.0 Å². The molecular weight excluding hydrogens is 471 g/mol. The third-order valence-electron chi connectivity index (χ3n) is 3.62. The quantitative estimate of drug-likeness (QED) is 0.335. The highest BCUT2D eigenvalue weighted by Gasteiger charge is 2.11. The molecule has 0 aliphatic rings. The Hall–Kier alpha value is -2.11. The number of benzene rings is 1. The molecule has 2 N–H and O–H groups in total. The molecule has 1 aromatic carbocycles. The lowest BCUT2D eigenvalue weighted by Crippen LogP contribution is -2.37. The molecule has 1 aromatic heterocycles. The summed E-state index contributed by atoms with van der Waals surface area (Å²) in [5.74, 6) is 2.08. The van der Waals surface area contributed by atoms with Gasteiger partial charge in [-0.25, -0.2) is 9.98 Å². The molecule has 150 valence electrons. The van der Waals surface area contributed by atoms with Crippen molar-refractivity contribution in [1.82, 2.24) is 20.2 Å². The Morgan fingerprint density at radius 3 is 2.67 bits per heavy atom. The predicted octanol–water partition coefficient (Wildman–Crippen LogP) is 3.17. The van der Waals surface area contributed by atoms with Gasteiger partial charge in [0.05, 0.1) is 27.3 Å². The fourth-order valence-corrected chi connectivity index (χ4v) is 2.31. The molecule has 2 rings (SSSR count). The van der Waals surface area contributed by atoms with Gasteiger partial charge in [-0.2, -0.15) is 8.78 Å². The van der Waals surface area contributed by atoms with E-state index in [1.807, 2.05) is 19.1 Å². The standard InChI is InChI=1S/C17H23F2N5O2.HI/c1-4-20-17(23-11-15-21-7-8-24(15)16(18)19)22-10-12-5-6-13(25-2)9-14(12)26-3;/h5-9,16H,4,10-11H2,1-3H3,(H2,20,22,23);1H. The Balaban J connectivity index is 0.00000364. The van der Waals surface area contributed by atoms with Crippen LogP contribution in [0.5, 0.6) is 11.5 Å². The second kappa shape index (κ2) is 11.6. The third kappa shape index (κ3) is 6.52. The first-order valence-corrected chi connectivity index (χ1v) is 8.12. The molecule has 0 aliphatic carbocycles. The lowest BCUT2D eigenvalue weighted by molar-refractivity contribution is 0.0668. The van der Waals surface area contributed by atoms with E-state index in [0.29, 0.717) is 30.5 Å². The number of aliphatic imine (C=N–C) groups is 1. The number of nitrogens with one attached hydrogen (secondary N) is 2. The zero-order valence-electron chi connectivity index (χ0n) is 15.4. The van der Waals surface area contributed by atoms with Crippen molar-refractivity contribution in [3.05, 3.63) is 42.0 Å². The maximum Gasteiger partial charge on any atom is 0.319 e. The number of halogens is 3. The Morgan fingerprint density at radius 2 is 2.04 bits per heavy atom. The van der Waals surface area contributed by atoms with Crippen molar-refractivity contribution in [3.8, 4) is 11.5 Å². The lowest BCUT2D eigenvalue weighted by atomic mass is 10.2. The fourth-order valence-electron chi connectivity index (χ4n) is 2.31. The van der Waals surface area contributed by atoms with Gasteiger partial charge in [-0.3, -0.25) is 4.57 Å². The highest BCUT2D eigenvalue weighted by Crippen LogP contribution is 2.25. The van der Waals surface area contributed by atoms with Crippen molar-refractivity contribution in [1.29, 1.82) is 0 Å². The Kier molecular flexibility index (Phi) is 9.83. The summed E-state index contributed by atoms with van der Waals surface area (Å²) in [4.78, 5) is 8.41. The molecule has 0 aliphatic heterocycles. The molecular formula is C17H24F2IN5O2. The maximum atomic E-state index is 12.9. The van der Waals surface area contributed by atoms with Crippen LogP contribution in [0.1, 0.15) is 24.9 Å². The van der Waals surface area contributed by atoms with E-state index >= 15 is 0 Å². The number of hydrogen-bond donors (Lipinski definition) is 2. The molecule has 0 fully saturated rings. The van der Waals surface area contributed by atoms with Crippen molar-refractivity contribution >= 4 is 29.9 Å². The van der Waals surface area contributed by atoms with E-state index in [2.05, 4.69) is 20.6 Å². The van der Waals surface area contributed by atoms with Gasteiger partial charge in [0, 0.05) is 30.6 Å². The van der Waals surface area contributed by atoms with Crippen LogP contribution in [0.4, 0.5) is 8.78 Å². The molecule has 2 aromatic rings. The molecule has 1 heterocycles. The summed E-state index contributed by atoms with van der Waals surface area (Å²) in [6, 6.07) is 5.48. The number of aromatic nitrogens is 2. The van der Waals surface area contributed by atoms with Gasteiger partial charge >= 0.3 is 6.55 Å². The van der Waals surface area contributed by atoms with E-state index in [9.17, 15) is 8.78 Å². The second-order valence-corrected chi connectivity index (χ2v) is 5.25. The Morgan fingerprint density at radius 1 is 1.26 bits per heavy atom. The van der Waals surface area contributed by atoms with Gasteiger partial charge < -0.3 is 20.1 Å². The van der Waals surface area contributed by atoms with Crippen LogP contribution in [0.3, 0.4) is 0 Å². The lowest BCUT2D eigenvalue weighted by Gasteiger charge is -2.13. The molecule has 0 unspecified atom stereocenters. The van der Waals surface area contributed by atoms with E-state index in [1.165, 1.54) is 12.4 Å². The minimum atomic E-state index is -2.63. The Bertz CT molecular complexity index is 740.